The molecule has 1 aliphatic heterocycles. The van der Waals surface area contributed by atoms with Gasteiger partial charge in [0.1, 0.15) is 10.6 Å². The second-order valence-electron chi connectivity index (χ2n) is 5.10. The predicted octanol–water partition coefficient (Wildman–Crippen LogP) is 4.06. The first kappa shape index (κ1) is 16.4. The second-order valence-corrected chi connectivity index (χ2v) is 6.53. The van der Waals surface area contributed by atoms with Gasteiger partial charge in [-0.1, -0.05) is 17.7 Å². The molecule has 23 heavy (non-hydrogen) atoms. The quantitative estimate of drug-likeness (QED) is 0.873. The van der Waals surface area contributed by atoms with Gasteiger partial charge in [0.2, 0.25) is 0 Å². The summed E-state index contributed by atoms with van der Waals surface area (Å²) in [4.78, 5) is 12.6. The van der Waals surface area contributed by atoms with E-state index in [0.717, 1.165) is 24.2 Å². The van der Waals surface area contributed by atoms with E-state index >= 15 is 0 Å². The van der Waals surface area contributed by atoms with Crippen molar-refractivity contribution in [1.29, 1.82) is 0 Å². The molecular weight excluding hydrogens is 348 g/mol. The minimum Gasteiger partial charge on any atom is -0.434 e. The third-order valence-corrected chi connectivity index (χ3v) is 5.20. The smallest absolute Gasteiger partial charge is 0.387 e. The molecule has 0 aliphatic carbocycles. The normalized spacial score (nSPS) is 17.8. The molecule has 4 nitrogen and oxygen atoms in total. The fourth-order valence-corrected chi connectivity index (χ4v) is 3.99. The number of alkyl halides is 2. The molecule has 2 heterocycles. The Kier molecular flexibility index (Phi) is 4.99. The van der Waals surface area contributed by atoms with E-state index in [9.17, 15) is 13.6 Å². The highest BCUT2D eigenvalue weighted by molar-refractivity contribution is 7.21. The van der Waals surface area contributed by atoms with Gasteiger partial charge in [0.15, 0.2) is 0 Å². The molecule has 0 saturated carbocycles. The van der Waals surface area contributed by atoms with E-state index in [0.29, 0.717) is 23.2 Å². The average Bonchev–Trinajstić information content (AvgIpc) is 3.13. The maximum Gasteiger partial charge on any atom is 0.387 e. The van der Waals surface area contributed by atoms with Crippen molar-refractivity contribution in [2.75, 3.05) is 13.2 Å². The number of halogens is 3. The Labute approximate surface area is 140 Å². The van der Waals surface area contributed by atoms with Crippen LogP contribution in [-0.2, 0) is 4.74 Å². The fourth-order valence-electron chi connectivity index (χ4n) is 2.51. The molecule has 1 aromatic heterocycles. The van der Waals surface area contributed by atoms with Crippen LogP contribution in [-0.4, -0.2) is 31.8 Å². The topological polar surface area (TPSA) is 47.6 Å². The first-order chi connectivity index (χ1) is 11.1. The highest BCUT2D eigenvalue weighted by atomic mass is 35.5. The van der Waals surface area contributed by atoms with Crippen LogP contribution in [0, 0.1) is 0 Å². The zero-order valence-electron chi connectivity index (χ0n) is 12.0. The third kappa shape index (κ3) is 3.57. The lowest BCUT2D eigenvalue weighted by atomic mass is 10.2. The molecule has 1 atom stereocenters. The van der Waals surface area contributed by atoms with Crippen molar-refractivity contribution in [3.8, 4) is 5.75 Å². The van der Waals surface area contributed by atoms with Gasteiger partial charge >= 0.3 is 6.61 Å². The maximum absolute atomic E-state index is 12.5. The van der Waals surface area contributed by atoms with Gasteiger partial charge < -0.3 is 14.8 Å². The minimum absolute atomic E-state index is 0.0184. The fraction of sp³-hybridized carbons (Fsp3) is 0.400. The number of carbonyl (C=O) groups is 1. The van der Waals surface area contributed by atoms with E-state index in [4.69, 9.17) is 16.3 Å². The monoisotopic (exact) mass is 361 g/mol. The number of rotatable bonds is 5. The molecular formula is C15H14ClF2NO3S. The molecule has 8 heteroatoms. The van der Waals surface area contributed by atoms with Crippen molar-refractivity contribution in [2.45, 2.75) is 25.6 Å². The summed E-state index contributed by atoms with van der Waals surface area (Å²) in [6.07, 6.45) is 1.91. The summed E-state index contributed by atoms with van der Waals surface area (Å²) in [6, 6.07) is 4.70. The first-order valence-electron chi connectivity index (χ1n) is 7.12. The Morgan fingerprint density at radius 1 is 1.52 bits per heavy atom. The number of hydrogen-bond acceptors (Lipinski definition) is 4. The van der Waals surface area contributed by atoms with Crippen LogP contribution in [0.4, 0.5) is 8.78 Å². The van der Waals surface area contributed by atoms with Gasteiger partial charge in [-0.2, -0.15) is 8.78 Å². The number of benzene rings is 1. The van der Waals surface area contributed by atoms with Gasteiger partial charge in [-0.25, -0.2) is 0 Å². The molecule has 1 fully saturated rings. The number of carbonyl (C=O) groups excluding carboxylic acids is 1. The van der Waals surface area contributed by atoms with Crippen LogP contribution in [0.5, 0.6) is 5.75 Å². The molecule has 1 aliphatic rings. The summed E-state index contributed by atoms with van der Waals surface area (Å²) < 4.78 is 35.5. The summed E-state index contributed by atoms with van der Waals surface area (Å²) in [5.74, 6) is -0.369. The van der Waals surface area contributed by atoms with Gasteiger partial charge in [0.25, 0.3) is 5.91 Å². The van der Waals surface area contributed by atoms with E-state index in [1.54, 1.807) is 12.1 Å². The van der Waals surface area contributed by atoms with Crippen LogP contribution in [0.2, 0.25) is 5.02 Å². The van der Waals surface area contributed by atoms with E-state index in [1.807, 2.05) is 0 Å². The van der Waals surface area contributed by atoms with Gasteiger partial charge in [0, 0.05) is 17.9 Å². The molecule has 0 bridgehead atoms. The molecule has 1 amide bonds. The minimum atomic E-state index is -2.95. The Morgan fingerprint density at radius 3 is 3.04 bits per heavy atom. The van der Waals surface area contributed by atoms with Crippen LogP contribution < -0.4 is 10.1 Å². The van der Waals surface area contributed by atoms with Crippen LogP contribution >= 0.6 is 22.9 Å². The van der Waals surface area contributed by atoms with Crippen LogP contribution in [0.3, 0.4) is 0 Å². The predicted molar refractivity (Wildman–Crippen MR) is 84.8 cm³/mol. The maximum atomic E-state index is 12.5. The SMILES string of the molecule is O=C(NC[C@H]1CCCO1)c1sc2cccc(OC(F)F)c2c1Cl. The second kappa shape index (κ2) is 6.98. The Bertz CT molecular complexity index is 716. The van der Waals surface area contributed by atoms with E-state index in [1.165, 1.54) is 6.07 Å². The largest absolute Gasteiger partial charge is 0.434 e. The summed E-state index contributed by atoms with van der Waals surface area (Å²) in [5, 5.41) is 3.24. The van der Waals surface area contributed by atoms with Crippen molar-refractivity contribution in [2.24, 2.45) is 0 Å². The lowest BCUT2D eigenvalue weighted by Gasteiger charge is -2.10. The van der Waals surface area contributed by atoms with Gasteiger partial charge in [-0.05, 0) is 25.0 Å². The van der Waals surface area contributed by atoms with E-state index in [-0.39, 0.29) is 27.7 Å². The first-order valence-corrected chi connectivity index (χ1v) is 8.31. The lowest BCUT2D eigenvalue weighted by Crippen LogP contribution is -2.31. The van der Waals surface area contributed by atoms with Crippen molar-refractivity contribution in [1.82, 2.24) is 5.32 Å². The summed E-state index contributed by atoms with van der Waals surface area (Å²) in [7, 11) is 0. The molecule has 0 spiro atoms. The lowest BCUT2D eigenvalue weighted by molar-refractivity contribution is -0.0487. The van der Waals surface area contributed by atoms with Gasteiger partial charge in [0.05, 0.1) is 16.5 Å². The highest BCUT2D eigenvalue weighted by Gasteiger charge is 2.22. The Hall–Kier alpha value is -1.44. The van der Waals surface area contributed by atoms with Crippen LogP contribution in [0.1, 0.15) is 22.5 Å². The molecule has 1 saturated heterocycles. The third-order valence-electron chi connectivity index (χ3n) is 3.56. The van der Waals surface area contributed by atoms with Gasteiger partial charge in [-0.3, -0.25) is 4.79 Å². The van der Waals surface area contributed by atoms with Crippen LogP contribution in [0.25, 0.3) is 10.1 Å². The molecule has 3 rings (SSSR count). The molecule has 0 radical (unpaired) electrons. The number of nitrogens with one attached hydrogen (secondary N) is 1. The Morgan fingerprint density at radius 2 is 2.35 bits per heavy atom. The van der Waals surface area contributed by atoms with Crippen molar-refractivity contribution < 1.29 is 23.0 Å². The number of amides is 1. The molecule has 2 aromatic rings. The van der Waals surface area contributed by atoms with E-state index < -0.39 is 6.61 Å². The number of hydrogen-bond donors (Lipinski definition) is 1. The summed E-state index contributed by atoms with van der Waals surface area (Å²) in [6.45, 7) is -1.84. The van der Waals surface area contributed by atoms with Crippen LogP contribution in [0.15, 0.2) is 18.2 Å². The molecule has 1 N–H and O–H groups in total. The number of ether oxygens (including phenoxy) is 2. The average molecular weight is 362 g/mol. The molecule has 1 aromatic carbocycles. The van der Waals surface area contributed by atoms with Crippen molar-refractivity contribution in [3.63, 3.8) is 0 Å². The number of thiophene rings is 1. The zero-order chi connectivity index (χ0) is 16.4. The standard InChI is InChI=1S/C15H14ClF2NO3S/c16-12-11-9(22-15(17)18)4-1-5-10(11)23-13(12)14(20)19-7-8-3-2-6-21-8/h1,4-5,8,15H,2-3,6-7H2,(H,19,20)/t8-/m1/s1. The molecule has 124 valence electrons. The summed E-state index contributed by atoms with van der Waals surface area (Å²) in [5.41, 5.74) is 0. The summed E-state index contributed by atoms with van der Waals surface area (Å²) >= 11 is 7.38. The Balaban J connectivity index is 1.83. The van der Waals surface area contributed by atoms with Crippen molar-refractivity contribution >= 4 is 38.9 Å². The number of fused-ring (bicyclic) bond motifs is 1. The highest BCUT2D eigenvalue weighted by Crippen LogP contribution is 2.41. The van der Waals surface area contributed by atoms with E-state index in [2.05, 4.69) is 10.1 Å². The zero-order valence-corrected chi connectivity index (χ0v) is 13.6. The van der Waals surface area contributed by atoms with Gasteiger partial charge in [-0.15, -0.1) is 11.3 Å². The van der Waals surface area contributed by atoms with Crippen molar-refractivity contribution in [3.05, 3.63) is 28.1 Å². The molecule has 0 unspecified atom stereocenters.